The molecular formula is C20H15Cl2NOS. The average molecular weight is 388 g/mol. The zero-order valence-electron chi connectivity index (χ0n) is 13.5. The lowest BCUT2D eigenvalue weighted by molar-refractivity contribution is -0.120. The molecule has 126 valence electrons. The van der Waals surface area contributed by atoms with E-state index in [-0.39, 0.29) is 5.91 Å². The van der Waals surface area contributed by atoms with Gasteiger partial charge in [0.2, 0.25) is 5.91 Å². The number of rotatable bonds is 3. The van der Waals surface area contributed by atoms with Crippen LogP contribution in [0.1, 0.15) is 18.1 Å². The van der Waals surface area contributed by atoms with Gasteiger partial charge < -0.3 is 5.32 Å². The summed E-state index contributed by atoms with van der Waals surface area (Å²) in [5.74, 6) is 0.0102. The van der Waals surface area contributed by atoms with Crippen molar-refractivity contribution in [1.82, 2.24) is 0 Å². The summed E-state index contributed by atoms with van der Waals surface area (Å²) >= 11 is 13.8. The van der Waals surface area contributed by atoms with Crippen LogP contribution in [0.2, 0.25) is 10.0 Å². The Morgan fingerprint density at radius 2 is 1.88 bits per heavy atom. The van der Waals surface area contributed by atoms with E-state index in [1.54, 1.807) is 17.4 Å². The van der Waals surface area contributed by atoms with Crippen LogP contribution in [0.25, 0.3) is 11.1 Å². The van der Waals surface area contributed by atoms with E-state index in [9.17, 15) is 4.79 Å². The van der Waals surface area contributed by atoms with E-state index < -0.39 is 5.41 Å². The summed E-state index contributed by atoms with van der Waals surface area (Å²) in [7, 11) is 0. The SMILES string of the molecule is CC1(Cc2ccc(Cl)c(Cl)c2)C(=O)Nc2ccc(-c3ccsc3)cc21. The summed E-state index contributed by atoms with van der Waals surface area (Å²) in [6.45, 7) is 1.98. The van der Waals surface area contributed by atoms with Gasteiger partial charge in [-0.25, -0.2) is 0 Å². The molecule has 0 saturated heterocycles. The minimum absolute atomic E-state index is 0.0102. The Labute approximate surface area is 160 Å². The molecule has 4 rings (SSSR count). The van der Waals surface area contributed by atoms with Crippen molar-refractivity contribution in [3.63, 3.8) is 0 Å². The van der Waals surface area contributed by atoms with Gasteiger partial charge in [-0.15, -0.1) is 0 Å². The number of halogens is 2. The van der Waals surface area contributed by atoms with Gasteiger partial charge in [0.25, 0.3) is 0 Å². The zero-order valence-corrected chi connectivity index (χ0v) is 15.8. The lowest BCUT2D eigenvalue weighted by Gasteiger charge is -2.23. The molecule has 1 aromatic heterocycles. The number of thiophene rings is 1. The molecule has 1 unspecified atom stereocenters. The van der Waals surface area contributed by atoms with Gasteiger partial charge in [0, 0.05) is 5.69 Å². The van der Waals surface area contributed by atoms with Gasteiger partial charge in [-0.2, -0.15) is 11.3 Å². The van der Waals surface area contributed by atoms with E-state index in [0.29, 0.717) is 16.5 Å². The lowest BCUT2D eigenvalue weighted by atomic mass is 9.77. The fourth-order valence-electron chi connectivity index (χ4n) is 3.33. The molecule has 1 amide bonds. The molecule has 0 spiro atoms. The number of carbonyl (C=O) groups is 1. The molecule has 0 bridgehead atoms. The molecule has 1 atom stereocenters. The van der Waals surface area contributed by atoms with Gasteiger partial charge in [-0.05, 0) is 76.7 Å². The second kappa shape index (κ2) is 6.17. The first-order valence-corrected chi connectivity index (χ1v) is 9.60. The van der Waals surface area contributed by atoms with Crippen LogP contribution in [0.5, 0.6) is 0 Å². The van der Waals surface area contributed by atoms with E-state index in [1.165, 1.54) is 5.56 Å². The summed E-state index contributed by atoms with van der Waals surface area (Å²) < 4.78 is 0. The van der Waals surface area contributed by atoms with Gasteiger partial charge in [0.15, 0.2) is 0 Å². The van der Waals surface area contributed by atoms with Crippen molar-refractivity contribution in [3.05, 3.63) is 74.4 Å². The molecule has 0 fully saturated rings. The van der Waals surface area contributed by atoms with Gasteiger partial charge in [-0.3, -0.25) is 4.79 Å². The number of benzene rings is 2. The topological polar surface area (TPSA) is 29.1 Å². The predicted octanol–water partition coefficient (Wildman–Crippen LogP) is 6.17. The number of anilines is 1. The maximum Gasteiger partial charge on any atom is 0.235 e. The fraction of sp³-hybridized carbons (Fsp3) is 0.150. The highest BCUT2D eigenvalue weighted by Crippen LogP contribution is 2.42. The molecule has 1 aliphatic rings. The molecule has 0 saturated carbocycles. The summed E-state index contributed by atoms with van der Waals surface area (Å²) in [6, 6.07) is 13.8. The van der Waals surface area contributed by atoms with Crippen molar-refractivity contribution in [3.8, 4) is 11.1 Å². The molecule has 2 heterocycles. The number of fused-ring (bicyclic) bond motifs is 1. The van der Waals surface area contributed by atoms with Gasteiger partial charge in [0.05, 0.1) is 15.5 Å². The maximum absolute atomic E-state index is 12.7. The van der Waals surface area contributed by atoms with Crippen molar-refractivity contribution >= 4 is 46.1 Å². The first-order chi connectivity index (χ1) is 12.0. The zero-order chi connectivity index (χ0) is 17.6. The van der Waals surface area contributed by atoms with Crippen molar-refractivity contribution in [2.24, 2.45) is 0 Å². The van der Waals surface area contributed by atoms with Crippen molar-refractivity contribution < 1.29 is 4.79 Å². The number of hydrogen-bond donors (Lipinski definition) is 1. The molecule has 0 aliphatic carbocycles. The van der Waals surface area contributed by atoms with E-state index >= 15 is 0 Å². The molecule has 5 heteroatoms. The molecule has 0 radical (unpaired) electrons. The summed E-state index contributed by atoms with van der Waals surface area (Å²) in [5.41, 5.74) is 4.54. The van der Waals surface area contributed by atoms with Crippen LogP contribution in [0.15, 0.2) is 53.2 Å². The Balaban J connectivity index is 1.76. The Hall–Kier alpha value is -1.81. The third kappa shape index (κ3) is 2.86. The quantitative estimate of drug-likeness (QED) is 0.571. The standard InChI is InChI=1S/C20H15Cl2NOS/c1-20(10-12-2-4-16(21)17(22)8-12)15-9-13(14-6-7-25-11-14)3-5-18(15)23-19(20)24/h2-9,11H,10H2,1H3,(H,23,24). The van der Waals surface area contributed by atoms with E-state index in [1.807, 2.05) is 31.2 Å². The summed E-state index contributed by atoms with van der Waals surface area (Å²) in [6.07, 6.45) is 0.565. The molecule has 2 aromatic carbocycles. The van der Waals surface area contributed by atoms with E-state index in [2.05, 4.69) is 28.2 Å². The normalized spacial score (nSPS) is 18.9. The van der Waals surface area contributed by atoms with Crippen molar-refractivity contribution in [2.45, 2.75) is 18.8 Å². The van der Waals surface area contributed by atoms with Crippen molar-refractivity contribution in [1.29, 1.82) is 0 Å². The van der Waals surface area contributed by atoms with Crippen LogP contribution in [0, 0.1) is 0 Å². The van der Waals surface area contributed by atoms with Crippen LogP contribution >= 0.6 is 34.5 Å². The molecule has 1 aliphatic heterocycles. The highest BCUT2D eigenvalue weighted by Gasteiger charge is 2.42. The van der Waals surface area contributed by atoms with Crippen LogP contribution in [-0.2, 0) is 16.6 Å². The van der Waals surface area contributed by atoms with Crippen LogP contribution in [0.3, 0.4) is 0 Å². The first kappa shape index (κ1) is 16.6. The third-order valence-corrected chi connectivity index (χ3v) is 6.18. The Morgan fingerprint density at radius 3 is 2.60 bits per heavy atom. The van der Waals surface area contributed by atoms with Crippen LogP contribution < -0.4 is 5.32 Å². The second-order valence-corrected chi connectivity index (χ2v) is 8.08. The largest absolute Gasteiger partial charge is 0.325 e. The van der Waals surface area contributed by atoms with E-state index in [4.69, 9.17) is 23.2 Å². The summed E-state index contributed by atoms with van der Waals surface area (Å²) in [5, 5.41) is 8.21. The monoisotopic (exact) mass is 387 g/mol. The average Bonchev–Trinajstić information content (AvgIpc) is 3.19. The lowest BCUT2D eigenvalue weighted by Crippen LogP contribution is -2.33. The highest BCUT2D eigenvalue weighted by atomic mass is 35.5. The van der Waals surface area contributed by atoms with Gasteiger partial charge >= 0.3 is 0 Å². The number of nitrogens with one attached hydrogen (secondary N) is 1. The molecule has 2 nitrogen and oxygen atoms in total. The first-order valence-electron chi connectivity index (χ1n) is 7.90. The molecular weight excluding hydrogens is 373 g/mol. The maximum atomic E-state index is 12.7. The van der Waals surface area contributed by atoms with Crippen molar-refractivity contribution in [2.75, 3.05) is 5.32 Å². The third-order valence-electron chi connectivity index (χ3n) is 4.76. The Kier molecular flexibility index (Phi) is 4.11. The summed E-state index contributed by atoms with van der Waals surface area (Å²) in [4.78, 5) is 12.7. The predicted molar refractivity (Wildman–Crippen MR) is 106 cm³/mol. The molecule has 25 heavy (non-hydrogen) atoms. The smallest absolute Gasteiger partial charge is 0.235 e. The number of hydrogen-bond acceptors (Lipinski definition) is 2. The van der Waals surface area contributed by atoms with Crippen LogP contribution in [-0.4, -0.2) is 5.91 Å². The molecule has 3 aromatic rings. The van der Waals surface area contributed by atoms with Crippen LogP contribution in [0.4, 0.5) is 5.69 Å². The fourth-order valence-corrected chi connectivity index (χ4v) is 4.32. The Morgan fingerprint density at radius 1 is 1.04 bits per heavy atom. The molecule has 1 N–H and O–H groups in total. The Bertz CT molecular complexity index is 968. The second-order valence-electron chi connectivity index (χ2n) is 6.48. The minimum atomic E-state index is -0.640. The number of carbonyl (C=O) groups excluding carboxylic acids is 1. The minimum Gasteiger partial charge on any atom is -0.325 e. The highest BCUT2D eigenvalue weighted by molar-refractivity contribution is 7.08. The van der Waals surface area contributed by atoms with Gasteiger partial charge in [-0.1, -0.05) is 35.3 Å². The van der Waals surface area contributed by atoms with Gasteiger partial charge in [0.1, 0.15) is 0 Å². The number of amides is 1. The van der Waals surface area contributed by atoms with E-state index in [0.717, 1.165) is 22.4 Å².